The number of hydrogen-bond donors (Lipinski definition) is 2. The predicted molar refractivity (Wildman–Crippen MR) is 66.8 cm³/mol. The maximum absolute atomic E-state index is 12.5. The standard InChI is InChI=1S/C13H18F3N3O/c14-13(15,16)10-3-1-9(2-4-10)12(20)18-6-5-11-7-17-8-19-11/h7-10H,1-6H2,(H,17,19)(H,18,20). The fourth-order valence-electron chi connectivity index (χ4n) is 2.57. The molecule has 0 bridgehead atoms. The first kappa shape index (κ1) is 14.9. The maximum Gasteiger partial charge on any atom is 0.391 e. The van der Waals surface area contributed by atoms with E-state index in [1.54, 1.807) is 12.5 Å². The molecule has 0 aliphatic heterocycles. The number of carbonyl (C=O) groups excluding carboxylic acids is 1. The monoisotopic (exact) mass is 289 g/mol. The quantitative estimate of drug-likeness (QED) is 0.894. The van der Waals surface area contributed by atoms with Crippen LogP contribution in [0.3, 0.4) is 0 Å². The van der Waals surface area contributed by atoms with Crippen molar-refractivity contribution in [2.45, 2.75) is 38.3 Å². The minimum atomic E-state index is -4.12. The number of rotatable bonds is 4. The zero-order valence-corrected chi connectivity index (χ0v) is 11.0. The van der Waals surface area contributed by atoms with Gasteiger partial charge in [0, 0.05) is 30.8 Å². The number of nitrogens with zero attached hydrogens (tertiary/aromatic N) is 1. The highest BCUT2D eigenvalue weighted by atomic mass is 19.4. The van der Waals surface area contributed by atoms with Crippen LogP contribution in [0.4, 0.5) is 13.2 Å². The van der Waals surface area contributed by atoms with E-state index in [0.717, 1.165) is 5.69 Å². The maximum atomic E-state index is 12.5. The van der Waals surface area contributed by atoms with Gasteiger partial charge in [-0.25, -0.2) is 4.98 Å². The summed E-state index contributed by atoms with van der Waals surface area (Å²) in [7, 11) is 0. The van der Waals surface area contributed by atoms with Crippen LogP contribution in [0.15, 0.2) is 12.5 Å². The SMILES string of the molecule is O=C(NCCc1cnc[nH]1)C1CCC(C(F)(F)F)CC1. The molecule has 1 heterocycles. The number of hydrogen-bond acceptors (Lipinski definition) is 2. The van der Waals surface area contributed by atoms with Gasteiger partial charge in [0.05, 0.1) is 12.2 Å². The van der Waals surface area contributed by atoms with Crippen LogP contribution >= 0.6 is 0 Å². The van der Waals surface area contributed by atoms with Crippen molar-refractivity contribution >= 4 is 5.91 Å². The van der Waals surface area contributed by atoms with Gasteiger partial charge in [-0.3, -0.25) is 4.79 Å². The van der Waals surface area contributed by atoms with E-state index in [-0.39, 0.29) is 24.7 Å². The van der Waals surface area contributed by atoms with Crippen molar-refractivity contribution in [1.82, 2.24) is 15.3 Å². The second kappa shape index (κ2) is 6.28. The number of nitrogens with one attached hydrogen (secondary N) is 2. The number of aromatic amines is 1. The molecule has 1 aliphatic carbocycles. The molecule has 4 nitrogen and oxygen atoms in total. The molecule has 1 saturated carbocycles. The Morgan fingerprint density at radius 1 is 1.35 bits per heavy atom. The van der Waals surface area contributed by atoms with Crippen LogP contribution < -0.4 is 5.32 Å². The fourth-order valence-corrected chi connectivity index (χ4v) is 2.57. The third-order valence-corrected chi connectivity index (χ3v) is 3.81. The lowest BCUT2D eigenvalue weighted by atomic mass is 9.81. The largest absolute Gasteiger partial charge is 0.391 e. The van der Waals surface area contributed by atoms with Crippen molar-refractivity contribution in [1.29, 1.82) is 0 Å². The lowest BCUT2D eigenvalue weighted by molar-refractivity contribution is -0.184. The molecular weight excluding hydrogens is 271 g/mol. The van der Waals surface area contributed by atoms with Crippen molar-refractivity contribution in [3.8, 4) is 0 Å². The summed E-state index contributed by atoms with van der Waals surface area (Å²) in [6, 6.07) is 0. The fraction of sp³-hybridized carbons (Fsp3) is 0.692. The molecule has 0 unspecified atom stereocenters. The first-order valence-corrected chi connectivity index (χ1v) is 6.78. The molecule has 112 valence electrons. The molecule has 7 heteroatoms. The van der Waals surface area contributed by atoms with Crippen LogP contribution in [0.5, 0.6) is 0 Å². The molecular formula is C13H18F3N3O. The summed E-state index contributed by atoms with van der Waals surface area (Å²) in [5.74, 6) is -1.66. The Morgan fingerprint density at radius 2 is 2.05 bits per heavy atom. The first-order valence-electron chi connectivity index (χ1n) is 6.78. The zero-order chi connectivity index (χ0) is 14.6. The smallest absolute Gasteiger partial charge is 0.355 e. The van der Waals surface area contributed by atoms with Crippen LogP contribution in [0.2, 0.25) is 0 Å². The molecule has 1 amide bonds. The molecule has 0 spiro atoms. The molecule has 1 aromatic rings. The Labute approximate surface area is 115 Å². The van der Waals surface area contributed by atoms with Gasteiger partial charge in [0.15, 0.2) is 0 Å². The number of amides is 1. The van der Waals surface area contributed by atoms with Gasteiger partial charge in [-0.2, -0.15) is 13.2 Å². The summed E-state index contributed by atoms with van der Waals surface area (Å²) < 4.78 is 37.6. The van der Waals surface area contributed by atoms with Gasteiger partial charge < -0.3 is 10.3 Å². The number of carbonyl (C=O) groups is 1. The number of imidazole rings is 1. The third-order valence-electron chi connectivity index (χ3n) is 3.81. The molecule has 0 radical (unpaired) electrons. The van der Waals surface area contributed by atoms with Crippen molar-refractivity contribution < 1.29 is 18.0 Å². The van der Waals surface area contributed by atoms with E-state index in [1.807, 2.05) is 0 Å². The van der Waals surface area contributed by atoms with Crippen LogP contribution in [-0.2, 0) is 11.2 Å². The summed E-state index contributed by atoms with van der Waals surface area (Å²) >= 11 is 0. The van der Waals surface area contributed by atoms with Crippen LogP contribution in [-0.4, -0.2) is 28.6 Å². The highest BCUT2D eigenvalue weighted by Crippen LogP contribution is 2.39. The van der Waals surface area contributed by atoms with E-state index >= 15 is 0 Å². The van der Waals surface area contributed by atoms with E-state index < -0.39 is 12.1 Å². The number of halogens is 3. The average Bonchev–Trinajstić information content (AvgIpc) is 2.91. The Hall–Kier alpha value is -1.53. The molecule has 2 rings (SSSR count). The van der Waals surface area contributed by atoms with Crippen LogP contribution in [0, 0.1) is 11.8 Å². The van der Waals surface area contributed by atoms with E-state index in [2.05, 4.69) is 15.3 Å². The zero-order valence-electron chi connectivity index (χ0n) is 11.0. The van der Waals surface area contributed by atoms with E-state index in [9.17, 15) is 18.0 Å². The van der Waals surface area contributed by atoms with Crippen molar-refractivity contribution in [3.05, 3.63) is 18.2 Å². The molecule has 2 N–H and O–H groups in total. The van der Waals surface area contributed by atoms with E-state index in [0.29, 0.717) is 25.8 Å². The minimum absolute atomic E-state index is 0.0577. The van der Waals surface area contributed by atoms with Gasteiger partial charge >= 0.3 is 6.18 Å². The van der Waals surface area contributed by atoms with Gasteiger partial charge in [0.25, 0.3) is 0 Å². The molecule has 20 heavy (non-hydrogen) atoms. The van der Waals surface area contributed by atoms with E-state index in [4.69, 9.17) is 0 Å². The van der Waals surface area contributed by atoms with Gasteiger partial charge in [-0.05, 0) is 25.7 Å². The Kier molecular flexibility index (Phi) is 4.67. The summed E-state index contributed by atoms with van der Waals surface area (Å²) in [6.45, 7) is 0.472. The molecule has 1 aliphatic rings. The summed E-state index contributed by atoms with van der Waals surface area (Å²) in [4.78, 5) is 18.7. The Bertz CT molecular complexity index is 423. The van der Waals surface area contributed by atoms with Gasteiger partial charge in [0.2, 0.25) is 5.91 Å². The number of alkyl halides is 3. The van der Waals surface area contributed by atoms with Crippen LogP contribution in [0.1, 0.15) is 31.4 Å². The van der Waals surface area contributed by atoms with Crippen molar-refractivity contribution in [2.24, 2.45) is 11.8 Å². The third kappa shape index (κ3) is 3.98. The predicted octanol–water partition coefficient (Wildman–Crippen LogP) is 2.44. The molecule has 0 aromatic carbocycles. The molecule has 1 fully saturated rings. The Morgan fingerprint density at radius 3 is 2.60 bits per heavy atom. The van der Waals surface area contributed by atoms with Crippen LogP contribution in [0.25, 0.3) is 0 Å². The highest BCUT2D eigenvalue weighted by molar-refractivity contribution is 5.78. The van der Waals surface area contributed by atoms with E-state index in [1.165, 1.54) is 0 Å². The van der Waals surface area contributed by atoms with Crippen molar-refractivity contribution in [2.75, 3.05) is 6.54 Å². The topological polar surface area (TPSA) is 57.8 Å². The second-order valence-electron chi connectivity index (χ2n) is 5.21. The summed E-state index contributed by atoms with van der Waals surface area (Å²) in [5, 5.41) is 2.78. The molecule has 0 saturated heterocycles. The van der Waals surface area contributed by atoms with Gasteiger partial charge in [-0.15, -0.1) is 0 Å². The first-order chi connectivity index (χ1) is 9.47. The van der Waals surface area contributed by atoms with Crippen molar-refractivity contribution in [3.63, 3.8) is 0 Å². The summed E-state index contributed by atoms with van der Waals surface area (Å²) in [5.41, 5.74) is 0.922. The molecule has 1 aromatic heterocycles. The highest BCUT2D eigenvalue weighted by Gasteiger charge is 2.42. The lowest BCUT2D eigenvalue weighted by Crippen LogP contribution is -2.36. The number of H-pyrrole nitrogens is 1. The average molecular weight is 289 g/mol. The lowest BCUT2D eigenvalue weighted by Gasteiger charge is -2.29. The normalized spacial score (nSPS) is 23.6. The second-order valence-corrected chi connectivity index (χ2v) is 5.21. The summed E-state index contributed by atoms with van der Waals surface area (Å²) in [6.07, 6.45) is 0.520. The minimum Gasteiger partial charge on any atom is -0.355 e. The molecule has 0 atom stereocenters. The number of aromatic nitrogens is 2. The van der Waals surface area contributed by atoms with Gasteiger partial charge in [-0.1, -0.05) is 0 Å². The Balaban J connectivity index is 1.69. The van der Waals surface area contributed by atoms with Gasteiger partial charge in [0.1, 0.15) is 0 Å².